The van der Waals surface area contributed by atoms with Crippen molar-refractivity contribution in [2.45, 2.75) is 19.4 Å². The van der Waals surface area contributed by atoms with Gasteiger partial charge in [0.2, 0.25) is 0 Å². The molecule has 0 N–H and O–H groups in total. The van der Waals surface area contributed by atoms with E-state index < -0.39 is 0 Å². The molecule has 112 valence electrons. The summed E-state index contributed by atoms with van der Waals surface area (Å²) in [4.78, 5) is 9.37. The van der Waals surface area contributed by atoms with Gasteiger partial charge in [-0.2, -0.15) is 0 Å². The Labute approximate surface area is 127 Å². The Bertz CT molecular complexity index is 490. The molecule has 3 nitrogen and oxygen atoms in total. The average Bonchev–Trinajstić information content (AvgIpc) is 3.13. The van der Waals surface area contributed by atoms with Crippen molar-refractivity contribution in [1.29, 1.82) is 0 Å². The number of hydrogen-bond acceptors (Lipinski definition) is 3. The number of pyridine rings is 1. The van der Waals surface area contributed by atoms with Crippen LogP contribution in [0, 0.1) is 17.8 Å². The summed E-state index contributed by atoms with van der Waals surface area (Å²) >= 11 is 0. The maximum atomic E-state index is 4.09. The second-order valence-corrected chi connectivity index (χ2v) is 6.97. The van der Waals surface area contributed by atoms with Crippen LogP contribution < -0.4 is 0 Å². The van der Waals surface area contributed by atoms with Gasteiger partial charge in [0.15, 0.2) is 0 Å². The van der Waals surface area contributed by atoms with Crippen molar-refractivity contribution in [3.05, 3.63) is 42.2 Å². The van der Waals surface area contributed by atoms with Crippen LogP contribution in [0.25, 0.3) is 0 Å². The Morgan fingerprint density at radius 1 is 0.952 bits per heavy atom. The Hall–Kier alpha value is -1.19. The van der Waals surface area contributed by atoms with Crippen molar-refractivity contribution >= 4 is 0 Å². The van der Waals surface area contributed by atoms with Gasteiger partial charge < -0.3 is 4.90 Å². The molecule has 0 aromatic carbocycles. The van der Waals surface area contributed by atoms with Gasteiger partial charge in [0, 0.05) is 51.7 Å². The number of aromatic nitrogens is 1. The molecule has 1 aromatic rings. The lowest BCUT2D eigenvalue weighted by Crippen LogP contribution is -2.47. The van der Waals surface area contributed by atoms with Crippen molar-refractivity contribution in [2.24, 2.45) is 17.8 Å². The number of piperazine rings is 1. The van der Waals surface area contributed by atoms with E-state index in [9.17, 15) is 0 Å². The molecule has 3 atom stereocenters. The predicted molar refractivity (Wildman–Crippen MR) is 84.8 cm³/mol. The van der Waals surface area contributed by atoms with Crippen molar-refractivity contribution in [2.75, 3.05) is 32.7 Å². The summed E-state index contributed by atoms with van der Waals surface area (Å²) in [6.07, 6.45) is 11.6. The highest BCUT2D eigenvalue weighted by atomic mass is 15.3. The molecule has 1 saturated heterocycles. The molecule has 21 heavy (non-hydrogen) atoms. The van der Waals surface area contributed by atoms with Gasteiger partial charge in [-0.15, -0.1) is 0 Å². The molecule has 0 amide bonds. The second-order valence-electron chi connectivity index (χ2n) is 6.97. The first kappa shape index (κ1) is 13.5. The average molecular weight is 283 g/mol. The van der Waals surface area contributed by atoms with E-state index in [2.05, 4.69) is 39.1 Å². The fraction of sp³-hybridized carbons (Fsp3) is 0.611. The number of hydrogen-bond donors (Lipinski definition) is 0. The molecule has 0 radical (unpaired) electrons. The highest BCUT2D eigenvalue weighted by Gasteiger charge is 2.36. The zero-order chi connectivity index (χ0) is 14.1. The quantitative estimate of drug-likeness (QED) is 0.791. The lowest BCUT2D eigenvalue weighted by Gasteiger charge is -2.37. The third-order valence-corrected chi connectivity index (χ3v) is 5.53. The molecule has 1 aromatic heterocycles. The molecule has 2 heterocycles. The predicted octanol–water partition coefficient (Wildman–Crippen LogP) is 2.41. The standard InChI is InChI=1S/C18H25N3/c1-2-17-11-16(1)12-18(17)14-21-9-7-20(8-10-21)13-15-3-5-19-6-4-15/h1-6,16-18H,7-14H2/t16-,17-,18+/m0/s1. The van der Waals surface area contributed by atoms with E-state index in [0.29, 0.717) is 0 Å². The highest BCUT2D eigenvalue weighted by molar-refractivity contribution is 5.11. The zero-order valence-corrected chi connectivity index (χ0v) is 12.7. The Morgan fingerprint density at radius 2 is 1.71 bits per heavy atom. The van der Waals surface area contributed by atoms with Gasteiger partial charge >= 0.3 is 0 Å². The van der Waals surface area contributed by atoms with Crippen molar-refractivity contribution in [3.8, 4) is 0 Å². The molecule has 2 aliphatic carbocycles. The monoisotopic (exact) mass is 283 g/mol. The number of nitrogens with zero attached hydrogens (tertiary/aromatic N) is 3. The van der Waals surface area contributed by atoms with Gasteiger partial charge in [0.25, 0.3) is 0 Å². The number of fused-ring (bicyclic) bond motifs is 2. The van der Waals surface area contributed by atoms with E-state index in [1.54, 1.807) is 0 Å². The summed E-state index contributed by atoms with van der Waals surface area (Å²) in [6.45, 7) is 7.30. The van der Waals surface area contributed by atoms with Crippen LogP contribution in [-0.4, -0.2) is 47.5 Å². The van der Waals surface area contributed by atoms with E-state index >= 15 is 0 Å². The molecule has 1 saturated carbocycles. The van der Waals surface area contributed by atoms with Crippen molar-refractivity contribution < 1.29 is 0 Å². The largest absolute Gasteiger partial charge is 0.300 e. The van der Waals surface area contributed by atoms with Gasteiger partial charge in [-0.3, -0.25) is 9.88 Å². The van der Waals surface area contributed by atoms with Crippen LogP contribution >= 0.6 is 0 Å². The maximum Gasteiger partial charge on any atom is 0.0271 e. The minimum atomic E-state index is 0.893. The summed E-state index contributed by atoms with van der Waals surface area (Å²) in [5, 5.41) is 0. The molecule has 3 aliphatic rings. The minimum absolute atomic E-state index is 0.893. The molecule has 2 bridgehead atoms. The zero-order valence-electron chi connectivity index (χ0n) is 12.7. The first-order chi connectivity index (χ1) is 10.4. The van der Waals surface area contributed by atoms with Crippen LogP contribution in [0.15, 0.2) is 36.7 Å². The van der Waals surface area contributed by atoms with Crippen molar-refractivity contribution in [1.82, 2.24) is 14.8 Å². The van der Waals surface area contributed by atoms with Gasteiger partial charge in [-0.05, 0) is 48.3 Å². The smallest absolute Gasteiger partial charge is 0.0271 e. The molecule has 3 heteroatoms. The van der Waals surface area contributed by atoms with Gasteiger partial charge in [0.1, 0.15) is 0 Å². The first-order valence-electron chi connectivity index (χ1n) is 8.39. The fourth-order valence-electron chi connectivity index (χ4n) is 4.31. The van der Waals surface area contributed by atoms with E-state index in [-0.39, 0.29) is 0 Å². The van der Waals surface area contributed by atoms with Gasteiger partial charge in [-0.25, -0.2) is 0 Å². The summed E-state index contributed by atoms with van der Waals surface area (Å²) in [5.41, 5.74) is 1.39. The molecule has 0 spiro atoms. The van der Waals surface area contributed by atoms with Gasteiger partial charge in [0.05, 0.1) is 0 Å². The van der Waals surface area contributed by atoms with Crippen LogP contribution in [-0.2, 0) is 6.54 Å². The van der Waals surface area contributed by atoms with Crippen molar-refractivity contribution in [3.63, 3.8) is 0 Å². The van der Waals surface area contributed by atoms with E-state index in [1.807, 2.05) is 12.4 Å². The van der Waals surface area contributed by atoms with E-state index in [1.165, 1.54) is 51.1 Å². The number of rotatable bonds is 4. The molecule has 2 fully saturated rings. The normalized spacial score (nSPS) is 32.9. The molecule has 4 rings (SSSR count). The Kier molecular flexibility index (Phi) is 3.78. The Morgan fingerprint density at radius 3 is 2.38 bits per heavy atom. The summed E-state index contributed by atoms with van der Waals surface area (Å²) < 4.78 is 0. The lowest BCUT2D eigenvalue weighted by atomic mass is 9.93. The second kappa shape index (κ2) is 5.90. The van der Waals surface area contributed by atoms with E-state index in [4.69, 9.17) is 0 Å². The molecular formula is C18H25N3. The van der Waals surface area contributed by atoms with Crippen LogP contribution in [0.4, 0.5) is 0 Å². The number of allylic oxidation sites excluding steroid dienone is 2. The van der Waals surface area contributed by atoms with Crippen LogP contribution in [0.5, 0.6) is 0 Å². The van der Waals surface area contributed by atoms with Crippen LogP contribution in [0.2, 0.25) is 0 Å². The summed E-state index contributed by atoms with van der Waals surface area (Å²) in [5.74, 6) is 2.74. The first-order valence-corrected chi connectivity index (χ1v) is 8.39. The topological polar surface area (TPSA) is 19.4 Å². The molecular weight excluding hydrogens is 258 g/mol. The molecule has 1 aliphatic heterocycles. The summed E-state index contributed by atoms with van der Waals surface area (Å²) in [7, 11) is 0. The fourth-order valence-corrected chi connectivity index (χ4v) is 4.31. The maximum absolute atomic E-state index is 4.09. The third kappa shape index (κ3) is 3.04. The molecule has 0 unspecified atom stereocenters. The summed E-state index contributed by atoms with van der Waals surface area (Å²) in [6, 6.07) is 4.27. The highest BCUT2D eigenvalue weighted by Crippen LogP contribution is 2.43. The third-order valence-electron chi connectivity index (χ3n) is 5.53. The van der Waals surface area contributed by atoms with Gasteiger partial charge in [-0.1, -0.05) is 12.2 Å². The SMILES string of the molecule is C1=C[C@H]2C[C@H]1C[C@@H]2CN1CCN(Cc2ccncc2)CC1. The minimum Gasteiger partial charge on any atom is -0.300 e. The lowest BCUT2D eigenvalue weighted by molar-refractivity contribution is 0.108. The van der Waals surface area contributed by atoms with Crippen LogP contribution in [0.1, 0.15) is 18.4 Å². The Balaban J connectivity index is 1.24. The van der Waals surface area contributed by atoms with Crippen LogP contribution in [0.3, 0.4) is 0 Å². The van der Waals surface area contributed by atoms with E-state index in [0.717, 1.165) is 24.3 Å².